The molecule has 0 bridgehead atoms. The Kier molecular flexibility index (Phi) is 2.28. The minimum absolute atomic E-state index is 0.0150. The number of ether oxygens (including phenoxy) is 1. The second-order valence-electron chi connectivity index (χ2n) is 3.09. The highest BCUT2D eigenvalue weighted by molar-refractivity contribution is 4.80. The lowest BCUT2D eigenvalue weighted by atomic mass is 9.92. The van der Waals surface area contributed by atoms with Crippen LogP contribution in [0.1, 0.15) is 20.3 Å². The first-order chi connectivity index (χ1) is 4.61. The van der Waals surface area contributed by atoms with Gasteiger partial charge in [0.25, 0.3) is 0 Å². The molecule has 3 nitrogen and oxygen atoms in total. The van der Waals surface area contributed by atoms with Gasteiger partial charge in [0, 0.05) is 12.5 Å². The number of rotatable bonds is 0. The SMILES string of the molecule is C[C@@H]1O[C@@H](O)C[C@H](C)[C@H]1N. The molecule has 0 aliphatic carbocycles. The third-order valence-corrected chi connectivity index (χ3v) is 2.14. The quantitative estimate of drug-likeness (QED) is 0.507. The molecule has 1 rings (SSSR count). The minimum atomic E-state index is -0.607. The Bertz CT molecular complexity index is 106. The van der Waals surface area contributed by atoms with E-state index in [2.05, 4.69) is 0 Å². The molecule has 1 aliphatic rings. The molecular formula is C7H15NO2. The fourth-order valence-electron chi connectivity index (χ4n) is 1.33. The van der Waals surface area contributed by atoms with Crippen molar-refractivity contribution in [2.75, 3.05) is 0 Å². The Morgan fingerprint density at radius 3 is 2.60 bits per heavy atom. The molecule has 0 unspecified atom stereocenters. The Morgan fingerprint density at radius 2 is 2.10 bits per heavy atom. The van der Waals surface area contributed by atoms with E-state index < -0.39 is 6.29 Å². The molecule has 0 aromatic heterocycles. The first kappa shape index (κ1) is 7.98. The largest absolute Gasteiger partial charge is 0.368 e. The lowest BCUT2D eigenvalue weighted by molar-refractivity contribution is -0.176. The second-order valence-corrected chi connectivity index (χ2v) is 3.09. The number of nitrogens with two attached hydrogens (primary N) is 1. The molecule has 0 spiro atoms. The van der Waals surface area contributed by atoms with Crippen LogP contribution in [0.4, 0.5) is 0 Å². The van der Waals surface area contributed by atoms with Gasteiger partial charge < -0.3 is 15.6 Å². The summed E-state index contributed by atoms with van der Waals surface area (Å²) in [6.07, 6.45) is 0.0365. The van der Waals surface area contributed by atoms with Crippen molar-refractivity contribution in [3.63, 3.8) is 0 Å². The topological polar surface area (TPSA) is 55.5 Å². The van der Waals surface area contributed by atoms with Crippen molar-refractivity contribution < 1.29 is 9.84 Å². The second kappa shape index (κ2) is 2.86. The lowest BCUT2D eigenvalue weighted by Gasteiger charge is -2.34. The summed E-state index contributed by atoms with van der Waals surface area (Å²) < 4.78 is 5.10. The van der Waals surface area contributed by atoms with E-state index in [1.165, 1.54) is 0 Å². The Morgan fingerprint density at radius 1 is 1.50 bits per heavy atom. The van der Waals surface area contributed by atoms with Crippen molar-refractivity contribution in [1.82, 2.24) is 0 Å². The van der Waals surface area contributed by atoms with Gasteiger partial charge in [-0.15, -0.1) is 0 Å². The normalized spacial score (nSPS) is 49.2. The summed E-state index contributed by atoms with van der Waals surface area (Å²) in [6, 6.07) is 0.0726. The van der Waals surface area contributed by atoms with Crippen LogP contribution in [-0.4, -0.2) is 23.5 Å². The zero-order chi connectivity index (χ0) is 7.72. The van der Waals surface area contributed by atoms with E-state index in [9.17, 15) is 0 Å². The molecule has 3 N–H and O–H groups in total. The highest BCUT2D eigenvalue weighted by atomic mass is 16.6. The molecule has 1 heterocycles. The molecule has 1 saturated heterocycles. The van der Waals surface area contributed by atoms with Crippen molar-refractivity contribution in [2.45, 2.75) is 38.7 Å². The van der Waals surface area contributed by atoms with Gasteiger partial charge >= 0.3 is 0 Å². The fourth-order valence-corrected chi connectivity index (χ4v) is 1.33. The number of aliphatic hydroxyl groups excluding tert-OH is 1. The molecule has 0 amide bonds. The summed E-state index contributed by atoms with van der Waals surface area (Å²) in [5, 5.41) is 9.09. The molecule has 0 saturated carbocycles. The van der Waals surface area contributed by atoms with Crippen LogP contribution in [0.5, 0.6) is 0 Å². The smallest absolute Gasteiger partial charge is 0.155 e. The van der Waals surface area contributed by atoms with E-state index in [1.807, 2.05) is 13.8 Å². The average molecular weight is 145 g/mol. The minimum Gasteiger partial charge on any atom is -0.368 e. The third-order valence-electron chi connectivity index (χ3n) is 2.14. The van der Waals surface area contributed by atoms with E-state index in [1.54, 1.807) is 0 Å². The maximum Gasteiger partial charge on any atom is 0.155 e. The highest BCUT2D eigenvalue weighted by Crippen LogP contribution is 2.21. The Hall–Kier alpha value is -0.120. The molecule has 0 radical (unpaired) electrons. The van der Waals surface area contributed by atoms with Crippen molar-refractivity contribution >= 4 is 0 Å². The third kappa shape index (κ3) is 1.48. The van der Waals surface area contributed by atoms with Crippen LogP contribution < -0.4 is 5.73 Å². The van der Waals surface area contributed by atoms with Gasteiger partial charge in [-0.25, -0.2) is 0 Å². The molecular weight excluding hydrogens is 130 g/mol. The molecule has 60 valence electrons. The summed E-state index contributed by atoms with van der Waals surface area (Å²) in [5.41, 5.74) is 5.75. The van der Waals surface area contributed by atoms with Crippen LogP contribution in [0.15, 0.2) is 0 Å². The van der Waals surface area contributed by atoms with Gasteiger partial charge in [-0.3, -0.25) is 0 Å². The number of aliphatic hydroxyl groups is 1. The summed E-state index contributed by atoms with van der Waals surface area (Å²) in [5.74, 6) is 0.360. The molecule has 0 aromatic rings. The van der Waals surface area contributed by atoms with Crippen molar-refractivity contribution in [3.8, 4) is 0 Å². The van der Waals surface area contributed by atoms with Gasteiger partial charge in [0.2, 0.25) is 0 Å². The summed E-state index contributed by atoms with van der Waals surface area (Å²) in [6.45, 7) is 3.93. The first-order valence-corrected chi connectivity index (χ1v) is 3.70. The van der Waals surface area contributed by atoms with E-state index in [0.717, 1.165) is 0 Å². The fraction of sp³-hybridized carbons (Fsp3) is 1.00. The van der Waals surface area contributed by atoms with Crippen LogP contribution >= 0.6 is 0 Å². The first-order valence-electron chi connectivity index (χ1n) is 3.70. The number of hydrogen-bond donors (Lipinski definition) is 2. The van der Waals surface area contributed by atoms with Crippen LogP contribution in [0.3, 0.4) is 0 Å². The van der Waals surface area contributed by atoms with Crippen LogP contribution in [0, 0.1) is 5.92 Å². The summed E-state index contributed by atoms with van der Waals surface area (Å²) in [7, 11) is 0. The molecule has 1 fully saturated rings. The van der Waals surface area contributed by atoms with Crippen molar-refractivity contribution in [2.24, 2.45) is 11.7 Å². The predicted molar refractivity (Wildman–Crippen MR) is 38.3 cm³/mol. The van der Waals surface area contributed by atoms with Crippen LogP contribution in [-0.2, 0) is 4.74 Å². The van der Waals surface area contributed by atoms with E-state index in [4.69, 9.17) is 15.6 Å². The monoisotopic (exact) mass is 145 g/mol. The van der Waals surface area contributed by atoms with Crippen LogP contribution in [0.25, 0.3) is 0 Å². The average Bonchev–Trinajstić information content (AvgIpc) is 1.82. The van der Waals surface area contributed by atoms with E-state index >= 15 is 0 Å². The maximum atomic E-state index is 9.09. The summed E-state index contributed by atoms with van der Waals surface area (Å²) >= 11 is 0. The highest BCUT2D eigenvalue weighted by Gasteiger charge is 2.29. The molecule has 10 heavy (non-hydrogen) atoms. The van der Waals surface area contributed by atoms with Gasteiger partial charge in [-0.05, 0) is 12.8 Å². The van der Waals surface area contributed by atoms with Crippen molar-refractivity contribution in [1.29, 1.82) is 0 Å². The number of hydrogen-bond acceptors (Lipinski definition) is 3. The van der Waals surface area contributed by atoms with E-state index in [-0.39, 0.29) is 12.1 Å². The lowest BCUT2D eigenvalue weighted by Crippen LogP contribution is -2.47. The van der Waals surface area contributed by atoms with Gasteiger partial charge in [0.05, 0.1) is 6.10 Å². The standard InChI is InChI=1S/C7H15NO2/c1-4-3-6(9)10-5(2)7(4)8/h4-7,9H,3,8H2,1-2H3/t4-,5-,6+,7+/m0/s1. The molecule has 4 atom stereocenters. The molecule has 1 aliphatic heterocycles. The zero-order valence-electron chi connectivity index (χ0n) is 6.45. The van der Waals surface area contributed by atoms with Gasteiger partial charge in [-0.1, -0.05) is 6.92 Å². The predicted octanol–water partition coefficient (Wildman–Crippen LogP) is 0.0770. The zero-order valence-corrected chi connectivity index (χ0v) is 6.45. The Labute approximate surface area is 61.2 Å². The molecule has 0 aromatic carbocycles. The van der Waals surface area contributed by atoms with E-state index in [0.29, 0.717) is 12.3 Å². The van der Waals surface area contributed by atoms with Gasteiger partial charge in [-0.2, -0.15) is 0 Å². The maximum absolute atomic E-state index is 9.09. The van der Waals surface area contributed by atoms with Gasteiger partial charge in [0.15, 0.2) is 6.29 Å². The molecule has 3 heteroatoms. The van der Waals surface area contributed by atoms with Gasteiger partial charge in [0.1, 0.15) is 0 Å². The summed E-state index contributed by atoms with van der Waals surface area (Å²) in [4.78, 5) is 0. The van der Waals surface area contributed by atoms with Crippen LogP contribution in [0.2, 0.25) is 0 Å². The Balaban J connectivity index is 2.49. The van der Waals surface area contributed by atoms with Crippen molar-refractivity contribution in [3.05, 3.63) is 0 Å².